The SMILES string of the molecule is Cc1ccccc1S(=O)(=O)N[C@@H](C(=O)O)C(C)(C)C. The summed E-state index contributed by atoms with van der Waals surface area (Å²) in [6, 6.07) is 5.28. The van der Waals surface area contributed by atoms with E-state index < -0.39 is 27.4 Å². The molecule has 5 nitrogen and oxygen atoms in total. The third-order valence-corrected chi connectivity index (χ3v) is 4.35. The van der Waals surface area contributed by atoms with Gasteiger partial charge in [-0.05, 0) is 24.0 Å². The van der Waals surface area contributed by atoms with Crippen LogP contribution >= 0.6 is 0 Å². The Bertz CT molecular complexity index is 573. The van der Waals surface area contributed by atoms with Crippen LogP contribution in [0.1, 0.15) is 26.3 Å². The van der Waals surface area contributed by atoms with Gasteiger partial charge in [0.1, 0.15) is 6.04 Å². The van der Waals surface area contributed by atoms with Crippen LogP contribution in [0.5, 0.6) is 0 Å². The molecule has 0 aliphatic carbocycles. The smallest absolute Gasteiger partial charge is 0.322 e. The fourth-order valence-corrected chi connectivity index (χ4v) is 3.32. The van der Waals surface area contributed by atoms with Crippen LogP contribution in [0.2, 0.25) is 0 Å². The second kappa shape index (κ2) is 5.30. The summed E-state index contributed by atoms with van der Waals surface area (Å²) < 4.78 is 26.7. The third kappa shape index (κ3) is 3.78. The molecule has 0 radical (unpaired) electrons. The van der Waals surface area contributed by atoms with Crippen molar-refractivity contribution in [2.24, 2.45) is 5.41 Å². The van der Waals surface area contributed by atoms with Gasteiger partial charge in [-0.25, -0.2) is 8.42 Å². The predicted molar refractivity (Wildman–Crippen MR) is 72.4 cm³/mol. The first-order chi connectivity index (χ1) is 8.55. The fourth-order valence-electron chi connectivity index (χ4n) is 1.67. The molecular formula is C13H19NO4S. The molecule has 6 heteroatoms. The number of sulfonamides is 1. The van der Waals surface area contributed by atoms with Gasteiger partial charge in [0.15, 0.2) is 0 Å². The molecule has 2 N–H and O–H groups in total. The molecule has 0 aliphatic heterocycles. The summed E-state index contributed by atoms with van der Waals surface area (Å²) in [6.45, 7) is 6.69. The highest BCUT2D eigenvalue weighted by atomic mass is 32.2. The number of carboxylic acids is 1. The number of carboxylic acid groups (broad SMARTS) is 1. The van der Waals surface area contributed by atoms with E-state index in [9.17, 15) is 13.2 Å². The molecule has 0 amide bonds. The summed E-state index contributed by atoms with van der Waals surface area (Å²) >= 11 is 0. The van der Waals surface area contributed by atoms with E-state index in [1.54, 1.807) is 45.9 Å². The lowest BCUT2D eigenvalue weighted by molar-refractivity contribution is -0.141. The normalized spacial score (nSPS) is 14.1. The van der Waals surface area contributed by atoms with Crippen molar-refractivity contribution >= 4 is 16.0 Å². The first-order valence-electron chi connectivity index (χ1n) is 5.86. The molecule has 0 unspecified atom stereocenters. The van der Waals surface area contributed by atoms with E-state index in [4.69, 9.17) is 5.11 Å². The lowest BCUT2D eigenvalue weighted by Gasteiger charge is -2.27. The van der Waals surface area contributed by atoms with Gasteiger partial charge in [-0.1, -0.05) is 39.0 Å². The average molecular weight is 285 g/mol. The Balaban J connectivity index is 3.16. The molecule has 0 fully saturated rings. The molecule has 1 aromatic rings. The van der Waals surface area contributed by atoms with Gasteiger partial charge >= 0.3 is 5.97 Å². The van der Waals surface area contributed by atoms with Gasteiger partial charge in [0.05, 0.1) is 4.90 Å². The molecule has 0 spiro atoms. The summed E-state index contributed by atoms with van der Waals surface area (Å²) in [5, 5.41) is 9.16. The van der Waals surface area contributed by atoms with Crippen molar-refractivity contribution in [3.8, 4) is 0 Å². The van der Waals surface area contributed by atoms with Gasteiger partial charge in [0.2, 0.25) is 10.0 Å². The fraction of sp³-hybridized carbons (Fsp3) is 0.462. The van der Waals surface area contributed by atoms with Gasteiger partial charge in [-0.2, -0.15) is 4.72 Å². The second-order valence-electron chi connectivity index (χ2n) is 5.52. The van der Waals surface area contributed by atoms with Crippen molar-refractivity contribution < 1.29 is 18.3 Å². The third-order valence-electron chi connectivity index (χ3n) is 2.77. The van der Waals surface area contributed by atoms with Crippen LogP contribution in [0.4, 0.5) is 0 Å². The summed E-state index contributed by atoms with van der Waals surface area (Å²) in [7, 11) is -3.85. The molecule has 1 aromatic carbocycles. The standard InChI is InChI=1S/C13H19NO4S/c1-9-7-5-6-8-10(9)19(17,18)14-11(12(15)16)13(2,3)4/h5-8,11,14H,1-4H3,(H,15,16)/t11-/m0/s1. The Kier molecular flexibility index (Phi) is 4.37. The Hall–Kier alpha value is -1.40. The number of aryl methyl sites for hydroxylation is 1. The number of aliphatic carboxylic acids is 1. The first kappa shape index (κ1) is 15.7. The molecule has 19 heavy (non-hydrogen) atoms. The van der Waals surface area contributed by atoms with Crippen LogP contribution in [0, 0.1) is 12.3 Å². The second-order valence-corrected chi connectivity index (χ2v) is 7.21. The van der Waals surface area contributed by atoms with Crippen LogP contribution in [-0.4, -0.2) is 25.5 Å². The van der Waals surface area contributed by atoms with Crippen molar-refractivity contribution in [2.45, 2.75) is 38.6 Å². The monoisotopic (exact) mass is 285 g/mol. The molecule has 1 atom stereocenters. The molecule has 106 valence electrons. The Morgan fingerprint density at radius 1 is 1.26 bits per heavy atom. The lowest BCUT2D eigenvalue weighted by atomic mass is 9.88. The zero-order valence-corrected chi connectivity index (χ0v) is 12.3. The quantitative estimate of drug-likeness (QED) is 0.883. The van der Waals surface area contributed by atoms with Crippen LogP contribution in [0.3, 0.4) is 0 Å². The van der Waals surface area contributed by atoms with Crippen molar-refractivity contribution in [3.05, 3.63) is 29.8 Å². The van der Waals surface area contributed by atoms with E-state index in [2.05, 4.69) is 4.72 Å². The largest absolute Gasteiger partial charge is 0.480 e. The zero-order chi connectivity index (χ0) is 14.8. The summed E-state index contributed by atoms with van der Waals surface area (Å²) in [6.07, 6.45) is 0. The van der Waals surface area contributed by atoms with Crippen LogP contribution in [0.15, 0.2) is 29.2 Å². The number of nitrogens with one attached hydrogen (secondary N) is 1. The van der Waals surface area contributed by atoms with Crippen molar-refractivity contribution in [3.63, 3.8) is 0 Å². The number of hydrogen-bond acceptors (Lipinski definition) is 3. The maximum absolute atomic E-state index is 12.2. The Morgan fingerprint density at radius 2 is 1.79 bits per heavy atom. The molecule has 0 saturated heterocycles. The number of hydrogen-bond donors (Lipinski definition) is 2. The molecular weight excluding hydrogens is 266 g/mol. The van der Waals surface area contributed by atoms with Crippen LogP contribution < -0.4 is 4.72 Å². The van der Waals surface area contributed by atoms with Gasteiger partial charge in [-0.15, -0.1) is 0 Å². The molecule has 0 saturated carbocycles. The Morgan fingerprint density at radius 3 is 2.21 bits per heavy atom. The highest BCUT2D eigenvalue weighted by Crippen LogP contribution is 2.22. The van der Waals surface area contributed by atoms with Gasteiger partial charge in [0.25, 0.3) is 0 Å². The minimum atomic E-state index is -3.85. The van der Waals surface area contributed by atoms with Crippen molar-refractivity contribution in [2.75, 3.05) is 0 Å². The van der Waals surface area contributed by atoms with Crippen molar-refractivity contribution in [1.29, 1.82) is 0 Å². The van der Waals surface area contributed by atoms with Gasteiger partial charge in [0, 0.05) is 0 Å². The summed E-state index contributed by atoms with van der Waals surface area (Å²) in [5.74, 6) is -1.19. The molecule has 0 aromatic heterocycles. The van der Waals surface area contributed by atoms with Crippen LogP contribution in [-0.2, 0) is 14.8 Å². The molecule has 0 aliphatic rings. The van der Waals surface area contributed by atoms with Crippen molar-refractivity contribution in [1.82, 2.24) is 4.72 Å². The predicted octanol–water partition coefficient (Wildman–Crippen LogP) is 1.77. The number of benzene rings is 1. The highest BCUT2D eigenvalue weighted by Gasteiger charge is 2.35. The summed E-state index contributed by atoms with van der Waals surface area (Å²) in [5.41, 5.74) is -0.144. The van der Waals surface area contributed by atoms with Gasteiger partial charge in [-0.3, -0.25) is 4.79 Å². The van der Waals surface area contributed by atoms with Gasteiger partial charge < -0.3 is 5.11 Å². The van der Waals surface area contributed by atoms with E-state index in [-0.39, 0.29) is 4.90 Å². The zero-order valence-electron chi connectivity index (χ0n) is 11.5. The van der Waals surface area contributed by atoms with E-state index >= 15 is 0 Å². The van der Waals surface area contributed by atoms with E-state index in [1.165, 1.54) is 6.07 Å². The molecule has 1 rings (SSSR count). The average Bonchev–Trinajstić information content (AvgIpc) is 2.24. The van der Waals surface area contributed by atoms with E-state index in [1.807, 2.05) is 0 Å². The molecule has 0 bridgehead atoms. The lowest BCUT2D eigenvalue weighted by Crippen LogP contribution is -2.49. The summed E-state index contributed by atoms with van der Waals surface area (Å²) in [4.78, 5) is 11.3. The minimum absolute atomic E-state index is 0.102. The minimum Gasteiger partial charge on any atom is -0.480 e. The topological polar surface area (TPSA) is 83.5 Å². The Labute approximate surface area is 113 Å². The van der Waals surface area contributed by atoms with Crippen LogP contribution in [0.25, 0.3) is 0 Å². The van der Waals surface area contributed by atoms with E-state index in [0.717, 1.165) is 0 Å². The number of carbonyl (C=O) groups is 1. The first-order valence-corrected chi connectivity index (χ1v) is 7.35. The molecule has 0 heterocycles. The highest BCUT2D eigenvalue weighted by molar-refractivity contribution is 7.89. The van der Waals surface area contributed by atoms with E-state index in [0.29, 0.717) is 5.56 Å². The number of rotatable bonds is 4. The maximum atomic E-state index is 12.2. The maximum Gasteiger partial charge on any atom is 0.322 e.